The first kappa shape index (κ1) is 19.1. The van der Waals surface area contributed by atoms with Gasteiger partial charge < -0.3 is 5.32 Å². The summed E-state index contributed by atoms with van der Waals surface area (Å²) in [6.07, 6.45) is 0. The number of benzene rings is 2. The van der Waals surface area contributed by atoms with Crippen molar-refractivity contribution in [2.75, 3.05) is 5.32 Å². The summed E-state index contributed by atoms with van der Waals surface area (Å²) < 4.78 is 0.876. The van der Waals surface area contributed by atoms with Crippen molar-refractivity contribution >= 4 is 44.9 Å². The number of para-hydroxylation sites is 1. The van der Waals surface area contributed by atoms with Crippen LogP contribution in [0.25, 0.3) is 0 Å². The zero-order valence-electron chi connectivity index (χ0n) is 14.2. The fraction of sp³-hybridized carbons (Fsp3) is 0.211. The van der Waals surface area contributed by atoms with Gasteiger partial charge in [0.05, 0.1) is 11.3 Å². The van der Waals surface area contributed by atoms with E-state index in [0.29, 0.717) is 16.8 Å². The molecule has 2 N–H and O–H groups in total. The average Bonchev–Trinajstić information content (AvgIpc) is 2.53. The molecule has 25 heavy (non-hydrogen) atoms. The second-order valence-corrected chi connectivity index (χ2v) is 7.77. The van der Waals surface area contributed by atoms with Gasteiger partial charge in [0.2, 0.25) is 0 Å². The smallest absolute Gasteiger partial charge is 0.257 e. The fourth-order valence-corrected chi connectivity index (χ4v) is 3.46. The van der Waals surface area contributed by atoms with Gasteiger partial charge in [-0.05, 0) is 47.5 Å². The first-order chi connectivity index (χ1) is 11.7. The van der Waals surface area contributed by atoms with Crippen molar-refractivity contribution in [3.63, 3.8) is 0 Å². The monoisotopic (exact) mass is 415 g/mol. The molecule has 0 aliphatic rings. The maximum absolute atomic E-state index is 12.4. The summed E-state index contributed by atoms with van der Waals surface area (Å²) in [6, 6.07) is 14.5. The van der Waals surface area contributed by atoms with E-state index in [-0.39, 0.29) is 16.4 Å². The van der Waals surface area contributed by atoms with Gasteiger partial charge in [-0.1, -0.05) is 54.9 Å². The van der Waals surface area contributed by atoms with E-state index in [1.165, 1.54) is 0 Å². The van der Waals surface area contributed by atoms with E-state index in [2.05, 4.69) is 53.4 Å². The number of carbonyl (C=O) groups excluding carboxylic acids is 1. The summed E-state index contributed by atoms with van der Waals surface area (Å²) in [5.74, 6) is -0.312. The second-order valence-electron chi connectivity index (χ2n) is 6.51. The normalized spacial score (nSPS) is 10.7. The number of carbonyl (C=O) groups is 1. The van der Waals surface area contributed by atoms with Crippen LogP contribution in [0, 0.1) is 11.3 Å². The van der Waals surface area contributed by atoms with Gasteiger partial charge >= 0.3 is 0 Å². The Morgan fingerprint density at radius 2 is 1.88 bits per heavy atom. The van der Waals surface area contributed by atoms with Gasteiger partial charge in [0.25, 0.3) is 5.91 Å². The molecule has 0 atom stereocenters. The molecule has 1 amide bonds. The molecular formula is C19H18BrN3OS. The molecule has 4 nitrogen and oxygen atoms in total. The number of amides is 1. The van der Waals surface area contributed by atoms with E-state index in [0.717, 1.165) is 10.0 Å². The molecule has 0 saturated heterocycles. The Morgan fingerprint density at radius 1 is 1.20 bits per heavy atom. The number of thiocarbonyl (C=S) groups is 1. The molecule has 0 saturated carbocycles. The van der Waals surface area contributed by atoms with E-state index in [1.54, 1.807) is 36.4 Å². The van der Waals surface area contributed by atoms with Crippen LogP contribution in [-0.2, 0) is 5.41 Å². The number of halogens is 1. The van der Waals surface area contributed by atoms with Crippen LogP contribution in [0.1, 0.15) is 42.3 Å². The van der Waals surface area contributed by atoms with Gasteiger partial charge in [0.15, 0.2) is 5.11 Å². The molecule has 0 aromatic heterocycles. The van der Waals surface area contributed by atoms with Crippen LogP contribution < -0.4 is 10.6 Å². The van der Waals surface area contributed by atoms with Crippen molar-refractivity contribution in [2.45, 2.75) is 26.2 Å². The Morgan fingerprint density at radius 3 is 2.48 bits per heavy atom. The SMILES string of the molecule is CC(C)(C)c1ccc(C(=O)NC(=S)Nc2ccccc2C#N)cc1Br. The molecule has 2 aromatic carbocycles. The largest absolute Gasteiger partial charge is 0.331 e. The van der Waals surface area contributed by atoms with E-state index in [4.69, 9.17) is 17.5 Å². The Bertz CT molecular complexity index is 866. The second kappa shape index (κ2) is 7.77. The maximum Gasteiger partial charge on any atom is 0.257 e. The lowest BCUT2D eigenvalue weighted by Gasteiger charge is -2.21. The molecule has 0 aliphatic heterocycles. The van der Waals surface area contributed by atoms with Crippen LogP contribution in [0.3, 0.4) is 0 Å². The van der Waals surface area contributed by atoms with E-state index in [1.807, 2.05) is 6.07 Å². The molecule has 0 aliphatic carbocycles. The van der Waals surface area contributed by atoms with Crippen LogP contribution in [-0.4, -0.2) is 11.0 Å². The van der Waals surface area contributed by atoms with Crippen LogP contribution >= 0.6 is 28.1 Å². The lowest BCUT2D eigenvalue weighted by atomic mass is 9.86. The first-order valence-corrected chi connectivity index (χ1v) is 8.84. The van der Waals surface area contributed by atoms with Crippen molar-refractivity contribution in [3.8, 4) is 6.07 Å². The lowest BCUT2D eigenvalue weighted by Crippen LogP contribution is -2.34. The quantitative estimate of drug-likeness (QED) is 0.694. The molecule has 0 unspecified atom stereocenters. The average molecular weight is 416 g/mol. The Balaban J connectivity index is 2.11. The number of rotatable bonds is 2. The minimum atomic E-state index is -0.312. The zero-order valence-corrected chi connectivity index (χ0v) is 16.6. The van der Waals surface area contributed by atoms with Gasteiger partial charge in [-0.25, -0.2) is 0 Å². The van der Waals surface area contributed by atoms with Gasteiger partial charge in [-0.15, -0.1) is 0 Å². The van der Waals surface area contributed by atoms with Crippen LogP contribution in [0.2, 0.25) is 0 Å². The molecule has 0 heterocycles. The predicted octanol–water partition coefficient (Wildman–Crippen LogP) is 4.75. The highest BCUT2D eigenvalue weighted by molar-refractivity contribution is 9.10. The number of hydrogen-bond donors (Lipinski definition) is 2. The minimum Gasteiger partial charge on any atom is -0.331 e. The molecule has 128 valence electrons. The van der Waals surface area contributed by atoms with Crippen LogP contribution in [0.5, 0.6) is 0 Å². The van der Waals surface area contributed by atoms with Crippen molar-refractivity contribution in [1.82, 2.24) is 5.32 Å². The van der Waals surface area contributed by atoms with E-state index in [9.17, 15) is 4.79 Å². The molecule has 2 rings (SSSR count). The van der Waals surface area contributed by atoms with Crippen molar-refractivity contribution in [2.24, 2.45) is 0 Å². The third kappa shape index (κ3) is 4.88. The van der Waals surface area contributed by atoms with Gasteiger partial charge in [-0.2, -0.15) is 5.26 Å². The Hall–Kier alpha value is -2.23. The maximum atomic E-state index is 12.4. The first-order valence-electron chi connectivity index (χ1n) is 7.64. The standard InChI is InChI=1S/C19H18BrN3OS/c1-19(2,3)14-9-8-12(10-15(14)20)17(24)23-18(25)22-16-7-5-4-6-13(16)11-21/h4-10H,1-3H3,(H2,22,23,24,25). The van der Waals surface area contributed by atoms with Gasteiger partial charge in [0.1, 0.15) is 6.07 Å². The molecule has 2 aromatic rings. The number of hydrogen-bond acceptors (Lipinski definition) is 3. The number of anilines is 1. The molecule has 0 fully saturated rings. The Kier molecular flexibility index (Phi) is 5.93. The summed E-state index contributed by atoms with van der Waals surface area (Å²) >= 11 is 8.70. The topological polar surface area (TPSA) is 64.9 Å². The van der Waals surface area contributed by atoms with E-state index >= 15 is 0 Å². The highest BCUT2D eigenvalue weighted by Crippen LogP contribution is 2.30. The minimum absolute atomic E-state index is 0.0221. The predicted molar refractivity (Wildman–Crippen MR) is 108 cm³/mol. The van der Waals surface area contributed by atoms with Gasteiger partial charge in [0, 0.05) is 10.0 Å². The summed E-state index contributed by atoms with van der Waals surface area (Å²) in [5.41, 5.74) is 2.60. The summed E-state index contributed by atoms with van der Waals surface area (Å²) in [4.78, 5) is 12.4. The zero-order chi connectivity index (χ0) is 18.6. The molecule has 0 spiro atoms. The van der Waals surface area contributed by atoms with E-state index < -0.39 is 0 Å². The molecule has 6 heteroatoms. The van der Waals surface area contributed by atoms with Crippen molar-refractivity contribution < 1.29 is 4.79 Å². The van der Waals surface area contributed by atoms with Crippen LogP contribution in [0.4, 0.5) is 5.69 Å². The number of nitriles is 1. The van der Waals surface area contributed by atoms with Crippen LogP contribution in [0.15, 0.2) is 46.9 Å². The molecule has 0 bridgehead atoms. The summed E-state index contributed by atoms with van der Waals surface area (Å²) in [6.45, 7) is 6.33. The summed E-state index contributed by atoms with van der Waals surface area (Å²) in [5, 5.41) is 14.7. The third-order valence-corrected chi connectivity index (χ3v) is 4.42. The lowest BCUT2D eigenvalue weighted by molar-refractivity contribution is 0.0977. The molecular weight excluding hydrogens is 398 g/mol. The highest BCUT2D eigenvalue weighted by atomic mass is 79.9. The van der Waals surface area contributed by atoms with Crippen molar-refractivity contribution in [1.29, 1.82) is 5.26 Å². The third-order valence-electron chi connectivity index (χ3n) is 3.56. The Labute approximate surface area is 161 Å². The molecule has 0 radical (unpaired) electrons. The highest BCUT2D eigenvalue weighted by Gasteiger charge is 2.18. The van der Waals surface area contributed by atoms with Crippen molar-refractivity contribution in [3.05, 3.63) is 63.6 Å². The number of nitrogens with zero attached hydrogens (tertiary/aromatic N) is 1. The number of nitrogens with one attached hydrogen (secondary N) is 2. The van der Waals surface area contributed by atoms with Gasteiger partial charge in [-0.3, -0.25) is 10.1 Å². The summed E-state index contributed by atoms with van der Waals surface area (Å²) in [7, 11) is 0. The fourth-order valence-electron chi connectivity index (χ4n) is 2.28.